The molecule has 11 heteroatoms. The molecule has 8 N–H and O–H groups in total. The first-order valence-electron chi connectivity index (χ1n) is 7.61. The quantitative estimate of drug-likeness (QED) is 0.236. The van der Waals surface area contributed by atoms with Crippen molar-refractivity contribution in [3.05, 3.63) is 0 Å². The lowest BCUT2D eigenvalue weighted by atomic mass is 9.96. The van der Waals surface area contributed by atoms with E-state index in [-0.39, 0.29) is 0 Å². The summed E-state index contributed by atoms with van der Waals surface area (Å²) in [6.45, 7) is -1.19. The SMILES string of the molecule is CNC1OC(CO)C(OC2OC(CO)C(O)C(O)C2O)C(O)C1O. The van der Waals surface area contributed by atoms with E-state index in [1.807, 2.05) is 0 Å². The minimum absolute atomic E-state index is 0.552. The third-order valence-corrected chi connectivity index (χ3v) is 4.29. The number of hydrogen-bond donors (Lipinski definition) is 8. The van der Waals surface area contributed by atoms with E-state index in [0.29, 0.717) is 0 Å². The van der Waals surface area contributed by atoms with Gasteiger partial charge in [0.05, 0.1) is 13.2 Å². The Bertz CT molecular complexity index is 397. The van der Waals surface area contributed by atoms with E-state index < -0.39 is 74.6 Å². The Morgan fingerprint density at radius 3 is 1.96 bits per heavy atom. The molecule has 2 aliphatic rings. The molecule has 0 saturated carbocycles. The Kier molecular flexibility index (Phi) is 6.87. The molecule has 2 rings (SSSR count). The molecule has 24 heavy (non-hydrogen) atoms. The summed E-state index contributed by atoms with van der Waals surface area (Å²) in [4.78, 5) is 0. The fourth-order valence-electron chi connectivity index (χ4n) is 2.83. The fraction of sp³-hybridized carbons (Fsp3) is 1.00. The highest BCUT2D eigenvalue weighted by Gasteiger charge is 2.50. The van der Waals surface area contributed by atoms with Gasteiger partial charge in [-0.25, -0.2) is 0 Å². The van der Waals surface area contributed by atoms with Gasteiger partial charge in [0, 0.05) is 0 Å². The van der Waals surface area contributed by atoms with Crippen LogP contribution in [0.2, 0.25) is 0 Å². The molecule has 0 amide bonds. The highest BCUT2D eigenvalue weighted by molar-refractivity contribution is 4.94. The lowest BCUT2D eigenvalue weighted by Crippen LogP contribution is -2.66. The second kappa shape index (κ2) is 8.29. The van der Waals surface area contributed by atoms with Gasteiger partial charge in [-0.1, -0.05) is 0 Å². The molecular formula is C13H25NO10. The molecule has 2 fully saturated rings. The summed E-state index contributed by atoms with van der Waals surface area (Å²) >= 11 is 0. The van der Waals surface area contributed by atoms with E-state index >= 15 is 0 Å². The Balaban J connectivity index is 2.12. The van der Waals surface area contributed by atoms with Crippen LogP contribution in [0.3, 0.4) is 0 Å². The monoisotopic (exact) mass is 355 g/mol. The second-order valence-corrected chi connectivity index (χ2v) is 5.85. The zero-order chi connectivity index (χ0) is 18.0. The maximum atomic E-state index is 10.2. The van der Waals surface area contributed by atoms with Crippen molar-refractivity contribution >= 4 is 0 Å². The zero-order valence-electron chi connectivity index (χ0n) is 13.0. The van der Waals surface area contributed by atoms with Crippen molar-refractivity contribution in [2.75, 3.05) is 20.3 Å². The molecule has 2 aliphatic heterocycles. The molecule has 0 aliphatic carbocycles. The first-order valence-corrected chi connectivity index (χ1v) is 7.61. The smallest absolute Gasteiger partial charge is 0.187 e. The van der Waals surface area contributed by atoms with Crippen molar-refractivity contribution in [2.45, 2.75) is 61.3 Å². The molecule has 0 aromatic carbocycles. The molecule has 0 bridgehead atoms. The van der Waals surface area contributed by atoms with Gasteiger partial charge in [-0.05, 0) is 7.05 Å². The first kappa shape index (κ1) is 19.9. The van der Waals surface area contributed by atoms with Crippen LogP contribution in [-0.4, -0.2) is 117 Å². The predicted molar refractivity (Wildman–Crippen MR) is 75.5 cm³/mol. The van der Waals surface area contributed by atoms with Crippen molar-refractivity contribution in [2.24, 2.45) is 0 Å². The van der Waals surface area contributed by atoms with Gasteiger partial charge in [0.25, 0.3) is 0 Å². The van der Waals surface area contributed by atoms with Crippen LogP contribution < -0.4 is 5.32 Å². The van der Waals surface area contributed by atoms with E-state index in [1.165, 1.54) is 7.05 Å². The average Bonchev–Trinajstić information content (AvgIpc) is 2.59. The Morgan fingerprint density at radius 2 is 1.42 bits per heavy atom. The van der Waals surface area contributed by atoms with Crippen molar-refractivity contribution in [3.63, 3.8) is 0 Å². The standard InChI is InChI=1S/C13H25NO10/c1-14-12-9(20)8(19)11(5(3-16)22-12)24-13-10(21)7(18)6(17)4(2-15)23-13/h4-21H,2-3H2,1H3. The van der Waals surface area contributed by atoms with E-state index in [2.05, 4.69) is 5.32 Å². The van der Waals surface area contributed by atoms with Gasteiger partial charge in [0.2, 0.25) is 0 Å². The summed E-state index contributed by atoms with van der Waals surface area (Å²) in [7, 11) is 1.49. The summed E-state index contributed by atoms with van der Waals surface area (Å²) in [5, 5.41) is 70.8. The second-order valence-electron chi connectivity index (χ2n) is 5.85. The molecule has 2 saturated heterocycles. The van der Waals surface area contributed by atoms with Crippen LogP contribution in [0.5, 0.6) is 0 Å². The van der Waals surface area contributed by atoms with Crippen LogP contribution in [0, 0.1) is 0 Å². The number of aliphatic hydroxyl groups is 7. The van der Waals surface area contributed by atoms with Crippen molar-refractivity contribution in [3.8, 4) is 0 Å². The number of ether oxygens (including phenoxy) is 3. The Hall–Kier alpha value is -0.440. The highest BCUT2D eigenvalue weighted by Crippen LogP contribution is 2.28. The molecule has 0 spiro atoms. The van der Waals surface area contributed by atoms with Crippen molar-refractivity contribution < 1.29 is 50.0 Å². The Labute approximate surface area is 138 Å². The van der Waals surface area contributed by atoms with E-state index in [9.17, 15) is 30.6 Å². The van der Waals surface area contributed by atoms with Crippen LogP contribution >= 0.6 is 0 Å². The minimum atomic E-state index is -1.67. The van der Waals surface area contributed by atoms with E-state index in [0.717, 1.165) is 0 Å². The fourth-order valence-corrected chi connectivity index (χ4v) is 2.83. The van der Waals surface area contributed by atoms with Crippen LogP contribution in [0.4, 0.5) is 0 Å². The third-order valence-electron chi connectivity index (χ3n) is 4.29. The first-order chi connectivity index (χ1) is 11.3. The molecule has 10 atom stereocenters. The van der Waals surface area contributed by atoms with E-state index in [1.54, 1.807) is 0 Å². The molecule has 0 radical (unpaired) electrons. The van der Waals surface area contributed by atoms with Crippen molar-refractivity contribution in [1.29, 1.82) is 0 Å². The summed E-state index contributed by atoms with van der Waals surface area (Å²) in [5.41, 5.74) is 0. The number of hydrogen-bond acceptors (Lipinski definition) is 11. The topological polar surface area (TPSA) is 181 Å². The van der Waals surface area contributed by atoms with Crippen LogP contribution in [0.1, 0.15) is 0 Å². The van der Waals surface area contributed by atoms with Gasteiger partial charge in [-0.2, -0.15) is 0 Å². The summed E-state index contributed by atoms with van der Waals surface area (Å²) in [5.74, 6) is 0. The molecule has 10 unspecified atom stereocenters. The van der Waals surface area contributed by atoms with Gasteiger partial charge >= 0.3 is 0 Å². The third kappa shape index (κ3) is 3.71. The molecule has 0 aromatic heterocycles. The van der Waals surface area contributed by atoms with Gasteiger partial charge in [-0.15, -0.1) is 0 Å². The minimum Gasteiger partial charge on any atom is -0.394 e. The summed E-state index contributed by atoms with van der Waals surface area (Å²) in [6.07, 6.45) is -13.7. The number of aliphatic hydroxyl groups excluding tert-OH is 7. The van der Waals surface area contributed by atoms with Crippen molar-refractivity contribution in [1.82, 2.24) is 5.32 Å². The normalized spacial score (nSPS) is 50.0. The molecular weight excluding hydrogens is 330 g/mol. The van der Waals surface area contributed by atoms with Crippen LogP contribution in [-0.2, 0) is 14.2 Å². The van der Waals surface area contributed by atoms with Crippen LogP contribution in [0.25, 0.3) is 0 Å². The average molecular weight is 355 g/mol. The number of rotatable bonds is 5. The Morgan fingerprint density at radius 1 is 0.792 bits per heavy atom. The molecule has 11 nitrogen and oxygen atoms in total. The zero-order valence-corrected chi connectivity index (χ0v) is 13.0. The molecule has 2 heterocycles. The number of nitrogens with one attached hydrogen (secondary N) is 1. The molecule has 142 valence electrons. The van der Waals surface area contributed by atoms with E-state index in [4.69, 9.17) is 19.3 Å². The van der Waals surface area contributed by atoms with Gasteiger partial charge in [0.15, 0.2) is 6.29 Å². The van der Waals surface area contributed by atoms with Gasteiger partial charge in [-0.3, -0.25) is 5.32 Å². The largest absolute Gasteiger partial charge is 0.394 e. The van der Waals surface area contributed by atoms with Gasteiger partial charge < -0.3 is 50.0 Å². The van der Waals surface area contributed by atoms with Crippen LogP contribution in [0.15, 0.2) is 0 Å². The molecule has 0 aromatic rings. The maximum absolute atomic E-state index is 10.2. The summed E-state index contributed by atoms with van der Waals surface area (Å²) in [6, 6.07) is 0. The van der Waals surface area contributed by atoms with Gasteiger partial charge in [0.1, 0.15) is 55.1 Å². The summed E-state index contributed by atoms with van der Waals surface area (Å²) < 4.78 is 15.9. The predicted octanol–water partition coefficient (Wildman–Crippen LogP) is -5.17. The highest BCUT2D eigenvalue weighted by atomic mass is 16.7. The maximum Gasteiger partial charge on any atom is 0.187 e. The number of likely N-dealkylation sites (N-methyl/N-ethyl adjacent to an activating group) is 1. The lowest BCUT2D eigenvalue weighted by molar-refractivity contribution is -0.343. The lowest BCUT2D eigenvalue weighted by Gasteiger charge is -2.46.